The molecule has 11 rings (SSSR count). The first-order valence-electron chi connectivity index (χ1n) is 23.8. The van der Waals surface area contributed by atoms with Gasteiger partial charge in [-0.3, -0.25) is 4.79 Å². The van der Waals surface area contributed by atoms with E-state index < -0.39 is 23.6 Å². The summed E-state index contributed by atoms with van der Waals surface area (Å²) in [6.45, 7) is 4.80. The lowest BCUT2D eigenvalue weighted by atomic mass is 9.62. The standard InChI is InChI=1S/C56H58N4O7/c1-5-59-43-11-7-6-9-31(43)21-33-13-14-34-24-47(57)60-44-12-8-10-32-23-45(63)53-41(16-15-37(58-3)28-66-53)50(32)54-42(29-65-30(2)61)39-17-18-40-49-36(22-38(62)25-46(49)64-4)27-56(52(40)55(39)67-54)20-19-35(26-56)48(33)51(34)44/h6-7,9,11,13-18,22-25,33,35,37,42,47-48,54,58-60,62-63H,5,10,19-21,26-29,57H2,1-4H3. The highest BCUT2D eigenvalue weighted by Gasteiger charge is 2.54. The molecular weight excluding hydrogens is 841 g/mol. The van der Waals surface area contributed by atoms with Crippen LogP contribution in [0.25, 0.3) is 17.2 Å². The molecular formula is C56H58N4O7. The fourth-order valence-electron chi connectivity index (χ4n) is 12.7. The molecule has 4 aliphatic heterocycles. The number of esters is 1. The maximum atomic E-state index is 12.7. The Morgan fingerprint density at radius 3 is 2.76 bits per heavy atom. The summed E-state index contributed by atoms with van der Waals surface area (Å²) in [4.78, 5) is 12.7. The van der Waals surface area contributed by atoms with Crippen LogP contribution in [-0.4, -0.2) is 62.3 Å². The van der Waals surface area contributed by atoms with Gasteiger partial charge in [0.25, 0.3) is 0 Å². The van der Waals surface area contributed by atoms with E-state index in [1.807, 2.05) is 19.2 Å². The number of hydrogen-bond donors (Lipinski definition) is 6. The Morgan fingerprint density at radius 2 is 1.94 bits per heavy atom. The predicted octanol–water partition coefficient (Wildman–Crippen LogP) is 8.25. The highest BCUT2D eigenvalue weighted by molar-refractivity contribution is 5.85. The van der Waals surface area contributed by atoms with Crippen LogP contribution in [0.5, 0.6) is 28.7 Å². The van der Waals surface area contributed by atoms with Crippen LogP contribution in [0.1, 0.15) is 84.1 Å². The van der Waals surface area contributed by atoms with Crippen molar-refractivity contribution in [3.63, 3.8) is 0 Å². The van der Waals surface area contributed by atoms with E-state index in [0.717, 1.165) is 93.9 Å². The molecule has 0 saturated heterocycles. The fourth-order valence-corrected chi connectivity index (χ4v) is 12.7. The first-order valence-corrected chi connectivity index (χ1v) is 23.8. The Kier molecular flexibility index (Phi) is 10.9. The van der Waals surface area contributed by atoms with Crippen LogP contribution in [0.4, 0.5) is 5.69 Å². The molecule has 67 heavy (non-hydrogen) atoms. The maximum absolute atomic E-state index is 12.7. The number of benzene rings is 4. The van der Waals surface area contributed by atoms with Crippen molar-refractivity contribution in [2.45, 2.75) is 82.0 Å². The van der Waals surface area contributed by atoms with E-state index in [-0.39, 0.29) is 54.3 Å². The van der Waals surface area contributed by atoms with Gasteiger partial charge in [-0.2, -0.15) is 0 Å². The minimum Gasteiger partial charge on any atom is -0.508 e. The third kappa shape index (κ3) is 7.24. The third-order valence-corrected chi connectivity index (χ3v) is 15.4. The number of allylic oxidation sites excluding steroid dienone is 5. The average Bonchev–Trinajstić information content (AvgIpc) is 3.81. The van der Waals surface area contributed by atoms with Crippen molar-refractivity contribution in [3.05, 3.63) is 135 Å². The number of nitrogens with one attached hydrogen (secondary N) is 3. The number of nitrogens with two attached hydrogens (primary N) is 1. The molecule has 0 amide bonds. The van der Waals surface area contributed by atoms with Crippen molar-refractivity contribution < 1.29 is 34.0 Å². The summed E-state index contributed by atoms with van der Waals surface area (Å²) in [5.74, 6) is 8.83. The molecule has 0 aromatic heterocycles. The lowest BCUT2D eigenvalue weighted by Gasteiger charge is -2.42. The van der Waals surface area contributed by atoms with Gasteiger partial charge in [0.05, 0.1) is 30.9 Å². The highest BCUT2D eigenvalue weighted by Crippen LogP contribution is 2.64. The van der Waals surface area contributed by atoms with Gasteiger partial charge < -0.3 is 50.8 Å². The first-order chi connectivity index (χ1) is 32.6. The molecule has 8 unspecified atom stereocenters. The van der Waals surface area contributed by atoms with Crippen molar-refractivity contribution in [2.75, 3.05) is 39.2 Å². The van der Waals surface area contributed by atoms with Crippen LogP contribution in [0, 0.1) is 29.6 Å². The molecule has 0 radical (unpaired) electrons. The van der Waals surface area contributed by atoms with Gasteiger partial charge in [-0.25, -0.2) is 0 Å². The number of ether oxygens (including phenoxy) is 4. The average molecular weight is 899 g/mol. The molecule has 1 fully saturated rings. The monoisotopic (exact) mass is 898 g/mol. The van der Waals surface area contributed by atoms with Crippen molar-refractivity contribution in [1.29, 1.82) is 0 Å². The van der Waals surface area contributed by atoms with Crippen LogP contribution in [-0.2, 0) is 34.2 Å². The molecule has 8 atom stereocenters. The van der Waals surface area contributed by atoms with Crippen LogP contribution in [0.15, 0.2) is 95.7 Å². The van der Waals surface area contributed by atoms with Gasteiger partial charge in [0.2, 0.25) is 0 Å². The van der Waals surface area contributed by atoms with E-state index in [9.17, 15) is 15.0 Å². The molecule has 4 bridgehead atoms. The molecule has 11 nitrogen and oxygen atoms in total. The largest absolute Gasteiger partial charge is 0.508 e. The Labute approximate surface area is 392 Å². The number of rotatable bonds is 8. The number of fused-ring (bicyclic) bond motifs is 9. The summed E-state index contributed by atoms with van der Waals surface area (Å²) < 4.78 is 26.0. The molecule has 3 aliphatic carbocycles. The van der Waals surface area contributed by atoms with Crippen LogP contribution >= 0.6 is 0 Å². The number of phenolic OH excluding ortho intramolecular Hbond substituents is 2. The van der Waals surface area contributed by atoms with Crippen molar-refractivity contribution in [3.8, 4) is 51.7 Å². The quantitative estimate of drug-likeness (QED) is 0.0748. The number of carbonyl (C=O) groups is 1. The minimum atomic E-state index is -0.639. The van der Waals surface area contributed by atoms with Crippen LogP contribution in [0.2, 0.25) is 0 Å². The van der Waals surface area contributed by atoms with E-state index in [0.29, 0.717) is 30.1 Å². The van der Waals surface area contributed by atoms with E-state index >= 15 is 0 Å². The highest BCUT2D eigenvalue weighted by atomic mass is 16.5. The number of dihydropyridines is 1. The van der Waals surface area contributed by atoms with E-state index in [2.05, 4.69) is 95.4 Å². The summed E-state index contributed by atoms with van der Waals surface area (Å²) in [5.41, 5.74) is 19.4. The number of phenols is 2. The number of carbonyl (C=O) groups excluding carboxylic acids is 1. The van der Waals surface area contributed by atoms with Crippen LogP contribution in [0.3, 0.4) is 0 Å². The van der Waals surface area contributed by atoms with E-state index in [1.165, 1.54) is 18.1 Å². The van der Waals surface area contributed by atoms with Crippen LogP contribution < -0.4 is 35.9 Å². The molecule has 7 N–H and O–H groups in total. The zero-order valence-electron chi connectivity index (χ0n) is 38.5. The Bertz CT molecular complexity index is 2900. The fraction of sp³-hybridized carbons (Fsp3) is 0.375. The van der Waals surface area contributed by atoms with Crippen molar-refractivity contribution in [1.82, 2.24) is 10.6 Å². The summed E-state index contributed by atoms with van der Waals surface area (Å²) in [5, 5.41) is 33.5. The van der Waals surface area contributed by atoms with Gasteiger partial charge >= 0.3 is 5.97 Å². The second-order valence-electron chi connectivity index (χ2n) is 19.3. The number of aromatic hydroxyl groups is 2. The van der Waals surface area contributed by atoms with Gasteiger partial charge in [-0.1, -0.05) is 60.6 Å². The van der Waals surface area contributed by atoms with Gasteiger partial charge in [-0.15, -0.1) is 0 Å². The zero-order valence-corrected chi connectivity index (χ0v) is 38.5. The maximum Gasteiger partial charge on any atom is 0.302 e. The molecule has 4 aromatic carbocycles. The molecule has 11 heteroatoms. The van der Waals surface area contributed by atoms with E-state index in [1.54, 1.807) is 19.2 Å². The molecule has 344 valence electrons. The molecule has 4 heterocycles. The number of hydrogen-bond acceptors (Lipinski definition) is 11. The Morgan fingerprint density at radius 1 is 1.07 bits per heavy atom. The Balaban J connectivity index is 1.18. The number of anilines is 1. The van der Waals surface area contributed by atoms with E-state index in [4.69, 9.17) is 24.7 Å². The third-order valence-electron chi connectivity index (χ3n) is 15.4. The molecule has 1 saturated carbocycles. The number of para-hydroxylation sites is 1. The molecule has 1 spiro atoms. The minimum absolute atomic E-state index is 0.0192. The SMILES string of the molecule is CCNc1ccccc1CC1C=CC2=CC(N)NC3=C2C1C1CCC2(Cc4cc(O)cc(OC)c4-c4ccc5c(c42)OC(c2c(cc(O)c4c2C=CC(NC)CO4)CC#C3)C5COC(C)=O)C1. The lowest BCUT2D eigenvalue weighted by Crippen LogP contribution is -2.42. The number of likely N-dealkylation sites (N-methyl/N-ethyl adjacent to an activating group) is 1. The normalized spacial score (nSPS) is 26.8. The first kappa shape index (κ1) is 43.0. The topological polar surface area (TPSA) is 157 Å². The zero-order chi connectivity index (χ0) is 46.1. The molecule has 4 aromatic rings. The smallest absolute Gasteiger partial charge is 0.302 e. The van der Waals surface area contributed by atoms with Gasteiger partial charge in [0.1, 0.15) is 36.6 Å². The lowest BCUT2D eigenvalue weighted by molar-refractivity contribution is -0.141. The predicted molar refractivity (Wildman–Crippen MR) is 259 cm³/mol. The van der Waals surface area contributed by atoms with Crippen molar-refractivity contribution in [2.24, 2.45) is 23.5 Å². The summed E-state index contributed by atoms with van der Waals surface area (Å²) >= 11 is 0. The molecule has 7 aliphatic rings. The van der Waals surface area contributed by atoms with Crippen molar-refractivity contribution >= 4 is 17.7 Å². The van der Waals surface area contributed by atoms with Gasteiger partial charge in [-0.05, 0) is 127 Å². The summed E-state index contributed by atoms with van der Waals surface area (Å²) in [7, 11) is 3.54. The Hall–Kier alpha value is -6.61. The second-order valence-corrected chi connectivity index (χ2v) is 19.3. The summed E-state index contributed by atoms with van der Waals surface area (Å²) in [6, 6.07) is 18.2. The summed E-state index contributed by atoms with van der Waals surface area (Å²) in [6.07, 6.45) is 14.3. The second kappa shape index (κ2) is 16.9. The van der Waals surface area contributed by atoms with Gasteiger partial charge in [0, 0.05) is 64.9 Å². The van der Waals surface area contributed by atoms with Gasteiger partial charge in [0.15, 0.2) is 11.5 Å². The number of methoxy groups -OCH3 is 1.